The fourth-order valence-electron chi connectivity index (χ4n) is 6.97. The SMILES string of the molecule is Cc1cc(O)c2c(O)c3c(=O)cc([O-])c4c5c(O)cc(O)c6c(O)c7c(=O)cc(C)c8c1c2c(c34)c(c65)c78.[Na+]. The average molecular weight is 526 g/mol. The van der Waals surface area contributed by atoms with Gasteiger partial charge in [-0.2, -0.15) is 0 Å². The second-order valence-corrected chi connectivity index (χ2v) is 10.1. The van der Waals surface area contributed by atoms with Gasteiger partial charge in [0.25, 0.3) is 0 Å². The summed E-state index contributed by atoms with van der Waals surface area (Å²) in [5.41, 5.74) is -0.0925. The zero-order valence-corrected chi connectivity index (χ0v) is 22.8. The van der Waals surface area contributed by atoms with Crippen molar-refractivity contribution >= 4 is 75.4 Å². The minimum absolute atomic E-state index is 0. The molecular weight excluding hydrogens is 511 g/mol. The largest absolute Gasteiger partial charge is 1.00 e. The fraction of sp³-hybridized carbons (Fsp3) is 0.0667. The van der Waals surface area contributed by atoms with E-state index in [1.54, 1.807) is 13.8 Å². The van der Waals surface area contributed by atoms with E-state index >= 15 is 0 Å². The molecule has 0 amide bonds. The minimum Gasteiger partial charge on any atom is -0.872 e. The summed E-state index contributed by atoms with van der Waals surface area (Å²) in [4.78, 5) is 26.5. The molecule has 0 saturated heterocycles. The van der Waals surface area contributed by atoms with Crippen LogP contribution >= 0.6 is 0 Å². The Morgan fingerprint density at radius 3 is 1.44 bits per heavy atom. The van der Waals surface area contributed by atoms with Crippen LogP contribution in [0.5, 0.6) is 34.5 Å². The molecule has 0 atom stereocenters. The van der Waals surface area contributed by atoms with Crippen molar-refractivity contribution in [1.29, 1.82) is 0 Å². The molecule has 0 aliphatic heterocycles. The molecule has 0 bridgehead atoms. The van der Waals surface area contributed by atoms with Gasteiger partial charge in [0.15, 0.2) is 10.9 Å². The van der Waals surface area contributed by atoms with Crippen LogP contribution in [0.25, 0.3) is 75.4 Å². The molecule has 8 aromatic carbocycles. The van der Waals surface area contributed by atoms with E-state index < -0.39 is 39.6 Å². The molecule has 0 aliphatic rings. The Balaban J connectivity index is 0.00000253. The first kappa shape index (κ1) is 23.8. The topological polar surface area (TPSA) is 158 Å². The third-order valence-corrected chi connectivity index (χ3v) is 8.23. The molecule has 5 N–H and O–H groups in total. The summed E-state index contributed by atoms with van der Waals surface area (Å²) < 4.78 is 0. The first-order valence-corrected chi connectivity index (χ1v) is 11.8. The van der Waals surface area contributed by atoms with E-state index in [0.29, 0.717) is 43.4 Å². The van der Waals surface area contributed by atoms with Gasteiger partial charge in [-0.15, -0.1) is 0 Å². The van der Waals surface area contributed by atoms with Gasteiger partial charge in [0, 0.05) is 43.8 Å². The van der Waals surface area contributed by atoms with E-state index in [1.165, 1.54) is 12.1 Å². The number of hydrogen-bond donors (Lipinski definition) is 5. The van der Waals surface area contributed by atoms with Crippen LogP contribution in [-0.2, 0) is 0 Å². The second kappa shape index (κ2) is 7.04. The van der Waals surface area contributed by atoms with Gasteiger partial charge < -0.3 is 30.6 Å². The molecule has 0 heterocycles. The molecular formula is C30H15NaO8. The molecule has 9 heteroatoms. The van der Waals surface area contributed by atoms with Crippen molar-refractivity contribution in [2.24, 2.45) is 0 Å². The smallest absolute Gasteiger partial charge is 0.872 e. The molecule has 0 aromatic heterocycles. The predicted octanol–water partition coefficient (Wildman–Crippen LogP) is 1.45. The van der Waals surface area contributed by atoms with Crippen LogP contribution < -0.4 is 45.5 Å². The number of phenolic OH excluding ortho intramolecular Hbond substituents is 5. The molecule has 0 radical (unpaired) electrons. The van der Waals surface area contributed by atoms with Gasteiger partial charge >= 0.3 is 29.6 Å². The van der Waals surface area contributed by atoms with E-state index in [0.717, 1.165) is 12.1 Å². The first-order valence-electron chi connectivity index (χ1n) is 11.8. The van der Waals surface area contributed by atoms with Crippen LogP contribution in [0.3, 0.4) is 0 Å². The van der Waals surface area contributed by atoms with E-state index in [-0.39, 0.29) is 78.4 Å². The van der Waals surface area contributed by atoms with Gasteiger partial charge in [0.2, 0.25) is 0 Å². The summed E-state index contributed by atoms with van der Waals surface area (Å²) in [7, 11) is 0. The van der Waals surface area contributed by atoms with Crippen LogP contribution in [-0.4, -0.2) is 25.5 Å². The maximum Gasteiger partial charge on any atom is 1.00 e. The van der Waals surface area contributed by atoms with Crippen LogP contribution in [0, 0.1) is 13.8 Å². The zero-order valence-electron chi connectivity index (χ0n) is 20.8. The Labute approximate surface area is 238 Å². The van der Waals surface area contributed by atoms with Crippen LogP contribution in [0.4, 0.5) is 0 Å². The molecule has 39 heavy (non-hydrogen) atoms. The number of aromatic hydroxyl groups is 5. The van der Waals surface area contributed by atoms with E-state index in [4.69, 9.17) is 0 Å². The zero-order chi connectivity index (χ0) is 26.7. The van der Waals surface area contributed by atoms with Crippen LogP contribution in [0.1, 0.15) is 11.1 Å². The van der Waals surface area contributed by atoms with Crippen molar-refractivity contribution in [3.63, 3.8) is 0 Å². The van der Waals surface area contributed by atoms with E-state index in [1.807, 2.05) is 0 Å². The van der Waals surface area contributed by atoms with Gasteiger partial charge in [0.1, 0.15) is 28.7 Å². The molecule has 8 nitrogen and oxygen atoms in total. The van der Waals surface area contributed by atoms with Gasteiger partial charge in [-0.1, -0.05) is 5.75 Å². The first-order chi connectivity index (χ1) is 18.0. The Morgan fingerprint density at radius 2 is 0.846 bits per heavy atom. The van der Waals surface area contributed by atoms with E-state index in [9.17, 15) is 40.2 Å². The summed E-state index contributed by atoms with van der Waals surface area (Å²) in [6, 6.07) is 4.61. The third kappa shape index (κ3) is 2.37. The molecule has 0 saturated carbocycles. The molecule has 184 valence electrons. The Hall–Kier alpha value is -4.24. The fourth-order valence-corrected chi connectivity index (χ4v) is 6.97. The maximum atomic E-state index is 13.4. The van der Waals surface area contributed by atoms with Crippen molar-refractivity contribution in [2.45, 2.75) is 13.8 Å². The number of rotatable bonds is 0. The minimum atomic E-state index is -0.765. The monoisotopic (exact) mass is 526 g/mol. The molecule has 0 spiro atoms. The maximum absolute atomic E-state index is 13.4. The van der Waals surface area contributed by atoms with Crippen LogP contribution in [0.2, 0.25) is 0 Å². The van der Waals surface area contributed by atoms with Gasteiger partial charge in [-0.25, -0.2) is 0 Å². The predicted molar refractivity (Wildman–Crippen MR) is 144 cm³/mol. The molecule has 0 aliphatic carbocycles. The van der Waals surface area contributed by atoms with E-state index in [2.05, 4.69) is 0 Å². The second-order valence-electron chi connectivity index (χ2n) is 10.1. The normalized spacial score (nSPS) is 12.5. The Kier molecular flexibility index (Phi) is 4.30. The number of hydrogen-bond acceptors (Lipinski definition) is 8. The summed E-state index contributed by atoms with van der Waals surface area (Å²) in [5, 5.41) is 71.4. The van der Waals surface area contributed by atoms with Crippen molar-refractivity contribution in [3.8, 4) is 34.5 Å². The Bertz CT molecular complexity index is 2340. The quantitative estimate of drug-likeness (QED) is 0.113. The summed E-state index contributed by atoms with van der Waals surface area (Å²) in [6.07, 6.45) is 0. The number of aryl methyl sites for hydroxylation is 2. The number of benzene rings is 8. The summed E-state index contributed by atoms with van der Waals surface area (Å²) in [5.74, 6) is -2.96. The van der Waals surface area contributed by atoms with Crippen molar-refractivity contribution < 1.29 is 60.2 Å². The molecule has 0 unspecified atom stereocenters. The summed E-state index contributed by atoms with van der Waals surface area (Å²) >= 11 is 0. The molecule has 8 aromatic rings. The average Bonchev–Trinajstić information content (AvgIpc) is 2.82. The number of fused-ring (bicyclic) bond motifs is 2. The van der Waals surface area contributed by atoms with Crippen LogP contribution in [0.15, 0.2) is 33.9 Å². The molecule has 8 rings (SSSR count). The van der Waals surface area contributed by atoms with Gasteiger partial charge in [-0.3, -0.25) is 9.59 Å². The van der Waals surface area contributed by atoms with Gasteiger partial charge in [-0.05, 0) is 59.3 Å². The van der Waals surface area contributed by atoms with Crippen molar-refractivity contribution in [1.82, 2.24) is 0 Å². The third-order valence-electron chi connectivity index (χ3n) is 8.23. The van der Waals surface area contributed by atoms with Crippen molar-refractivity contribution in [3.05, 3.63) is 55.8 Å². The summed E-state index contributed by atoms with van der Waals surface area (Å²) in [6.45, 7) is 3.48. The number of phenols is 5. The van der Waals surface area contributed by atoms with Gasteiger partial charge in [0.05, 0.1) is 21.5 Å². The van der Waals surface area contributed by atoms with Crippen molar-refractivity contribution in [2.75, 3.05) is 0 Å². The Morgan fingerprint density at radius 1 is 0.462 bits per heavy atom. The standard InChI is InChI=1S/C30H16O8.Na/c1-7-3-9(31)19-23-15(7)16-8(2)4-10(32)20-24(16)28-26-18(12(34)6-14(36)22(26)30(20)38)17-11(33)5-13(35)21(29(19)37)25(17)27(23)28;/h3-6,31,33-34,36-38H,1-2H3;/q;+1/p-1. The molecule has 0 fully saturated rings.